The first-order chi connectivity index (χ1) is 17.1. The quantitative estimate of drug-likeness (QED) is 0.262. The minimum absolute atomic E-state index is 0.113. The Morgan fingerprint density at radius 3 is 2.14 bits per heavy atom. The van der Waals surface area contributed by atoms with E-state index >= 15 is 0 Å². The Labute approximate surface area is 214 Å². The van der Waals surface area contributed by atoms with Gasteiger partial charge in [-0.3, -0.25) is 0 Å². The van der Waals surface area contributed by atoms with Gasteiger partial charge in [-0.1, -0.05) is 84.9 Å². The fourth-order valence-corrected chi connectivity index (χ4v) is 5.87. The van der Waals surface area contributed by atoms with Crippen LogP contribution in [0.15, 0.2) is 66.9 Å². The first-order valence-electron chi connectivity index (χ1n) is 13.8. The van der Waals surface area contributed by atoms with Crippen LogP contribution >= 0.6 is 0 Å². The maximum absolute atomic E-state index is 8.96. The highest BCUT2D eigenvalue weighted by Crippen LogP contribution is 2.57. The number of aryl methyl sites for hydroxylation is 2. The fourth-order valence-electron chi connectivity index (χ4n) is 5.87. The smallest absolute Gasteiger partial charge is 0.201 e. The van der Waals surface area contributed by atoms with E-state index in [1.54, 1.807) is 0 Å². The summed E-state index contributed by atoms with van der Waals surface area (Å²) in [5, 5.41) is 2.54. The summed E-state index contributed by atoms with van der Waals surface area (Å²) >= 11 is 0. The molecule has 0 radical (unpaired) electrons. The van der Waals surface area contributed by atoms with Crippen molar-refractivity contribution in [2.45, 2.75) is 72.6 Å². The lowest BCUT2D eigenvalue weighted by Gasteiger charge is -2.49. The van der Waals surface area contributed by atoms with Crippen LogP contribution in [-0.4, -0.2) is 0 Å². The number of aromatic nitrogens is 1. The molecule has 0 unspecified atom stereocenters. The van der Waals surface area contributed by atoms with Crippen molar-refractivity contribution in [1.82, 2.24) is 0 Å². The van der Waals surface area contributed by atoms with Crippen molar-refractivity contribution in [3.05, 3.63) is 89.1 Å². The highest BCUT2D eigenvalue weighted by Gasteiger charge is 2.48. The third kappa shape index (κ3) is 3.71. The van der Waals surface area contributed by atoms with E-state index in [1.807, 2.05) is 33.0 Å². The summed E-state index contributed by atoms with van der Waals surface area (Å²) in [7, 11) is 2.08. The lowest BCUT2D eigenvalue weighted by Crippen LogP contribution is -2.44. The molecule has 180 valence electrons. The molecule has 1 aromatic heterocycles. The topological polar surface area (TPSA) is 3.88 Å². The summed E-state index contributed by atoms with van der Waals surface area (Å²) < 4.78 is 20.1. The van der Waals surface area contributed by atoms with Gasteiger partial charge in [0.25, 0.3) is 0 Å². The zero-order chi connectivity index (χ0) is 27.1. The van der Waals surface area contributed by atoms with Gasteiger partial charge in [0.1, 0.15) is 7.05 Å². The summed E-state index contributed by atoms with van der Waals surface area (Å²) in [6, 6.07) is 22.0. The van der Waals surface area contributed by atoms with Gasteiger partial charge in [-0.2, -0.15) is 0 Å². The van der Waals surface area contributed by atoms with E-state index in [1.165, 1.54) is 44.2 Å². The van der Waals surface area contributed by atoms with Gasteiger partial charge in [-0.25, -0.2) is 4.57 Å². The van der Waals surface area contributed by atoms with Crippen molar-refractivity contribution in [3.63, 3.8) is 0 Å². The average Bonchev–Trinajstić information content (AvgIpc) is 2.82. The van der Waals surface area contributed by atoms with Crippen LogP contribution in [0.4, 0.5) is 0 Å². The molecule has 0 fully saturated rings. The van der Waals surface area contributed by atoms with Gasteiger partial charge in [0, 0.05) is 20.3 Å². The van der Waals surface area contributed by atoms with Crippen LogP contribution in [0.25, 0.3) is 33.2 Å². The zero-order valence-electron chi connectivity index (χ0n) is 24.8. The minimum Gasteiger partial charge on any atom is -0.201 e. The molecule has 1 heteroatoms. The Morgan fingerprint density at radius 1 is 0.829 bits per heavy atom. The van der Waals surface area contributed by atoms with Gasteiger partial charge in [0.05, 0.1) is 5.56 Å². The Kier molecular flexibility index (Phi) is 4.75. The van der Waals surface area contributed by atoms with Crippen molar-refractivity contribution < 1.29 is 7.31 Å². The number of fused-ring (bicyclic) bond motifs is 4. The standard InChI is InChI=1S/C34H40N/c1-22-14-15-26-27-19-24-12-10-11-13-25(24)20-28(27)33(5,6)34(7,8)31(26)30(22)29-18-23(16-17-35(29)9)21-32(2,3)4/h10-20H,21H2,1-9H3/q+1/i21D2. The molecular weight excluding hydrogens is 422 g/mol. The molecule has 0 atom stereocenters. The third-order valence-electron chi connectivity index (χ3n) is 8.38. The van der Waals surface area contributed by atoms with E-state index in [4.69, 9.17) is 2.74 Å². The van der Waals surface area contributed by atoms with E-state index in [0.29, 0.717) is 0 Å². The molecule has 0 N–H and O–H groups in total. The lowest BCUT2D eigenvalue weighted by molar-refractivity contribution is -0.660. The maximum atomic E-state index is 8.96. The first-order valence-corrected chi connectivity index (χ1v) is 12.8. The second-order valence-corrected chi connectivity index (χ2v) is 12.5. The van der Waals surface area contributed by atoms with Crippen LogP contribution in [0.3, 0.4) is 0 Å². The molecule has 1 nitrogen and oxygen atoms in total. The highest BCUT2D eigenvalue weighted by molar-refractivity contribution is 5.94. The van der Waals surface area contributed by atoms with Crippen molar-refractivity contribution in [3.8, 4) is 22.4 Å². The highest BCUT2D eigenvalue weighted by atomic mass is 14.9. The van der Waals surface area contributed by atoms with E-state index in [-0.39, 0.29) is 10.8 Å². The molecule has 1 heterocycles. The third-order valence-corrected chi connectivity index (χ3v) is 8.38. The largest absolute Gasteiger partial charge is 0.213 e. The van der Waals surface area contributed by atoms with E-state index in [9.17, 15) is 0 Å². The van der Waals surface area contributed by atoms with Gasteiger partial charge in [0.2, 0.25) is 5.69 Å². The monoisotopic (exact) mass is 464 g/mol. The van der Waals surface area contributed by atoms with Crippen molar-refractivity contribution in [2.24, 2.45) is 12.5 Å². The predicted molar refractivity (Wildman–Crippen MR) is 150 cm³/mol. The van der Waals surface area contributed by atoms with Crippen molar-refractivity contribution in [2.75, 3.05) is 0 Å². The summed E-state index contributed by atoms with van der Waals surface area (Å²) in [6.45, 7) is 17.6. The fraction of sp³-hybridized carbons (Fsp3) is 0.382. The van der Waals surface area contributed by atoms with Gasteiger partial charge in [0.15, 0.2) is 6.20 Å². The molecule has 0 bridgehead atoms. The number of nitrogens with zero attached hydrogens (tertiary/aromatic N) is 1. The van der Waals surface area contributed by atoms with Gasteiger partial charge >= 0.3 is 0 Å². The number of hydrogen-bond donors (Lipinski definition) is 0. The first kappa shape index (κ1) is 21.4. The van der Waals surface area contributed by atoms with Crippen LogP contribution in [-0.2, 0) is 24.3 Å². The second-order valence-electron chi connectivity index (χ2n) is 12.5. The van der Waals surface area contributed by atoms with Gasteiger partial charge in [-0.15, -0.1) is 0 Å². The predicted octanol–water partition coefficient (Wildman–Crippen LogP) is 8.46. The summed E-state index contributed by atoms with van der Waals surface area (Å²) in [6.07, 6.45) is 0.564. The normalized spacial score (nSPS) is 17.4. The number of benzene rings is 3. The molecule has 1 aliphatic rings. The molecule has 0 saturated carbocycles. The number of pyridine rings is 1. The molecule has 0 saturated heterocycles. The van der Waals surface area contributed by atoms with E-state index < -0.39 is 11.8 Å². The van der Waals surface area contributed by atoms with E-state index in [0.717, 1.165) is 11.3 Å². The Balaban J connectivity index is 1.88. The average molecular weight is 465 g/mol. The molecule has 3 aromatic carbocycles. The van der Waals surface area contributed by atoms with Crippen LogP contribution in [0.5, 0.6) is 0 Å². The van der Waals surface area contributed by atoms with Crippen LogP contribution in [0, 0.1) is 12.3 Å². The van der Waals surface area contributed by atoms with Crippen molar-refractivity contribution in [1.29, 1.82) is 0 Å². The molecule has 4 aromatic rings. The Hall–Kier alpha value is -2.93. The molecule has 1 aliphatic carbocycles. The summed E-state index contributed by atoms with van der Waals surface area (Å²) in [4.78, 5) is 0. The van der Waals surface area contributed by atoms with Gasteiger partial charge < -0.3 is 0 Å². The molecule has 35 heavy (non-hydrogen) atoms. The number of rotatable bonds is 2. The molecule has 0 spiro atoms. The molecular formula is C34H40N+. The lowest BCUT2D eigenvalue weighted by atomic mass is 9.54. The summed E-state index contributed by atoms with van der Waals surface area (Å²) in [5.41, 5.74) is 8.78. The van der Waals surface area contributed by atoms with Crippen LogP contribution in [0.2, 0.25) is 0 Å². The van der Waals surface area contributed by atoms with Crippen LogP contribution < -0.4 is 4.57 Å². The van der Waals surface area contributed by atoms with Gasteiger partial charge in [-0.05, 0) is 80.4 Å². The number of hydrogen-bond acceptors (Lipinski definition) is 0. The Bertz CT molecular complexity index is 1550. The molecule has 5 rings (SSSR count). The second kappa shape index (κ2) is 7.79. The zero-order valence-corrected chi connectivity index (χ0v) is 22.8. The van der Waals surface area contributed by atoms with Crippen molar-refractivity contribution >= 4 is 10.8 Å². The summed E-state index contributed by atoms with van der Waals surface area (Å²) in [5.74, 6) is 0. The minimum atomic E-state index is -1.46. The SMILES string of the molecule is [2H]C([2H])(c1cc[n+](C)c(-c2c(C)ccc3c2C(C)(C)C(C)(C)c2cc4ccccc4cc2-3)c1)C(C)(C)C. The van der Waals surface area contributed by atoms with E-state index in [2.05, 4.69) is 101 Å². The maximum Gasteiger partial charge on any atom is 0.213 e. The molecule has 0 amide bonds. The van der Waals surface area contributed by atoms with Crippen LogP contribution in [0.1, 0.15) is 73.5 Å². The molecule has 0 aliphatic heterocycles. The Morgan fingerprint density at radius 2 is 1.49 bits per heavy atom.